The van der Waals surface area contributed by atoms with Gasteiger partial charge in [-0.2, -0.15) is 0 Å². The molecule has 0 saturated heterocycles. The predicted molar refractivity (Wildman–Crippen MR) is 261 cm³/mol. The van der Waals surface area contributed by atoms with E-state index in [1.165, 1.54) is 55.6 Å². The molecule has 0 saturated carbocycles. The van der Waals surface area contributed by atoms with Gasteiger partial charge in [0.05, 0.1) is 5.41 Å². The van der Waals surface area contributed by atoms with Gasteiger partial charge >= 0.3 is 0 Å². The van der Waals surface area contributed by atoms with Crippen molar-refractivity contribution in [2.24, 2.45) is 0 Å². The maximum Gasteiger partial charge on any atom is 0.136 e. The Balaban J connectivity index is 1.08. The van der Waals surface area contributed by atoms with Crippen molar-refractivity contribution in [3.8, 4) is 67.1 Å². The average Bonchev–Trinajstić information content (AvgIpc) is 3.80. The Morgan fingerprint density at radius 3 is 1.64 bits per heavy atom. The molecule has 3 nitrogen and oxygen atoms in total. The lowest BCUT2D eigenvalue weighted by molar-refractivity contribution is 0.488. The second-order valence-corrected chi connectivity index (χ2v) is 17.1. The van der Waals surface area contributed by atoms with Crippen molar-refractivity contribution in [1.82, 2.24) is 0 Å². The van der Waals surface area contributed by atoms with Gasteiger partial charge in [0.2, 0.25) is 0 Å². The third-order valence-corrected chi connectivity index (χ3v) is 13.9. The van der Waals surface area contributed by atoms with Crippen molar-refractivity contribution in [1.29, 1.82) is 0 Å². The van der Waals surface area contributed by atoms with Gasteiger partial charge in [0.15, 0.2) is 0 Å². The first-order chi connectivity index (χ1) is 31.8. The van der Waals surface area contributed by atoms with Gasteiger partial charge in [-0.25, -0.2) is 0 Å². The first-order valence-electron chi connectivity index (χ1n) is 22.0. The molecule has 1 atom stereocenters. The van der Waals surface area contributed by atoms with Crippen LogP contribution in [0.5, 0.6) is 11.5 Å². The third kappa shape index (κ3) is 4.76. The van der Waals surface area contributed by atoms with Crippen LogP contribution in [0.4, 0.5) is 17.1 Å². The van der Waals surface area contributed by atoms with E-state index in [0.717, 1.165) is 72.8 Å². The smallest absolute Gasteiger partial charge is 0.136 e. The zero-order chi connectivity index (χ0) is 41.9. The maximum atomic E-state index is 6.74. The number of ether oxygens (including phenoxy) is 1. The maximum absolute atomic E-state index is 6.74. The summed E-state index contributed by atoms with van der Waals surface area (Å²) in [6.07, 6.45) is 0. The third-order valence-electron chi connectivity index (χ3n) is 13.9. The highest BCUT2D eigenvalue weighted by atomic mass is 16.5. The van der Waals surface area contributed by atoms with Crippen LogP contribution in [0.1, 0.15) is 22.3 Å². The van der Waals surface area contributed by atoms with Gasteiger partial charge in [0, 0.05) is 39.0 Å². The second-order valence-electron chi connectivity index (χ2n) is 17.1. The minimum absolute atomic E-state index is 0.686. The average molecular weight is 816 g/mol. The number of anilines is 3. The highest BCUT2D eigenvalue weighted by Gasteiger charge is 2.50. The Hall–Kier alpha value is -8.40. The van der Waals surface area contributed by atoms with Gasteiger partial charge < -0.3 is 14.1 Å². The number of nitrogens with zero attached hydrogens (tertiary/aromatic N) is 1. The molecule has 0 radical (unpaired) electrons. The molecule has 298 valence electrons. The van der Waals surface area contributed by atoms with Gasteiger partial charge in [0.1, 0.15) is 22.7 Å². The van der Waals surface area contributed by atoms with Crippen LogP contribution in [0, 0.1) is 0 Å². The van der Waals surface area contributed by atoms with E-state index in [1.807, 2.05) is 6.07 Å². The number of hydrogen-bond donors (Lipinski definition) is 0. The number of para-hydroxylation sites is 3. The first kappa shape index (κ1) is 35.2. The van der Waals surface area contributed by atoms with Crippen molar-refractivity contribution in [3.05, 3.63) is 247 Å². The molecule has 1 spiro atoms. The van der Waals surface area contributed by atoms with Crippen LogP contribution >= 0.6 is 0 Å². The van der Waals surface area contributed by atoms with Crippen molar-refractivity contribution in [2.75, 3.05) is 4.90 Å². The molecule has 64 heavy (non-hydrogen) atoms. The zero-order valence-corrected chi connectivity index (χ0v) is 34.6. The van der Waals surface area contributed by atoms with Crippen molar-refractivity contribution in [3.63, 3.8) is 0 Å². The van der Waals surface area contributed by atoms with Gasteiger partial charge in [-0.3, -0.25) is 0 Å². The quantitative estimate of drug-likeness (QED) is 0.178. The molecule has 10 aromatic carbocycles. The molecular formula is C61H37NO2. The molecule has 0 N–H and O–H groups in total. The normalized spacial score (nSPS) is 14.8. The van der Waals surface area contributed by atoms with Gasteiger partial charge in [-0.1, -0.05) is 164 Å². The van der Waals surface area contributed by atoms with Crippen LogP contribution in [-0.2, 0) is 5.41 Å². The van der Waals surface area contributed by atoms with Gasteiger partial charge in [-0.15, -0.1) is 0 Å². The SMILES string of the molecule is c1ccc(N(c2ccc3c(c2)-c2ccccc2-c2ccccc2O3)c2ccc3c(c2)C2(c4ccccc4-c4ccccc4-3)c3ccccc3-c3c2ccc2oc4ccccc4c32)cc1. The summed E-state index contributed by atoms with van der Waals surface area (Å²) in [5, 5.41) is 2.29. The fourth-order valence-corrected chi connectivity index (χ4v) is 11.4. The van der Waals surface area contributed by atoms with E-state index in [2.05, 4.69) is 223 Å². The summed E-state index contributed by atoms with van der Waals surface area (Å²) in [7, 11) is 0. The molecule has 0 bridgehead atoms. The van der Waals surface area contributed by atoms with E-state index in [0.29, 0.717) is 0 Å². The summed E-state index contributed by atoms with van der Waals surface area (Å²) in [6.45, 7) is 0. The molecule has 3 heteroatoms. The summed E-state index contributed by atoms with van der Waals surface area (Å²) in [6, 6.07) is 81.7. The fourth-order valence-electron chi connectivity index (χ4n) is 11.4. The van der Waals surface area contributed by atoms with Crippen molar-refractivity contribution < 1.29 is 9.15 Å². The standard InChI is InChI=1S/C61H37NO2/c1-2-16-38(17-3-1)62(39-31-34-57-50(36-39)44-21-7-6-20-43(44)47-23-10-14-28-55(47)63-57)40-30-32-46-42-19-5-4-18-41(42)45-22-8-12-26-51(45)61(54(46)37-40)52-27-13-9-24-48(52)59-53(61)33-35-58-60(59)49-25-11-15-29-56(49)64-58/h1-37H. The number of hydrogen-bond acceptors (Lipinski definition) is 3. The van der Waals surface area contributed by atoms with E-state index >= 15 is 0 Å². The topological polar surface area (TPSA) is 25.6 Å². The summed E-state index contributed by atoms with van der Waals surface area (Å²) in [4.78, 5) is 2.41. The van der Waals surface area contributed by atoms with Crippen LogP contribution in [0.2, 0.25) is 0 Å². The lowest BCUT2D eigenvalue weighted by Gasteiger charge is -2.36. The Labute approximate surface area is 370 Å². The lowest BCUT2D eigenvalue weighted by atomic mass is 9.65. The molecule has 11 aromatic rings. The summed E-state index contributed by atoms with van der Waals surface area (Å²) < 4.78 is 13.3. The second kappa shape index (κ2) is 13.3. The number of benzene rings is 10. The lowest BCUT2D eigenvalue weighted by Crippen LogP contribution is -2.29. The molecule has 3 aliphatic rings. The van der Waals surface area contributed by atoms with E-state index < -0.39 is 5.41 Å². The monoisotopic (exact) mass is 815 g/mol. The largest absolute Gasteiger partial charge is 0.456 e. The molecule has 0 amide bonds. The van der Waals surface area contributed by atoms with Gasteiger partial charge in [-0.05, 0) is 127 Å². The van der Waals surface area contributed by atoms with Crippen LogP contribution < -0.4 is 9.64 Å². The number of furan rings is 1. The fraction of sp³-hybridized carbons (Fsp3) is 0.0164. The van der Waals surface area contributed by atoms with Crippen LogP contribution in [0.25, 0.3) is 77.6 Å². The molecule has 0 fully saturated rings. The van der Waals surface area contributed by atoms with Crippen molar-refractivity contribution >= 4 is 39.0 Å². The molecule has 1 aliphatic heterocycles. The number of fused-ring (bicyclic) bond motifs is 21. The minimum atomic E-state index is -0.686. The van der Waals surface area contributed by atoms with Crippen LogP contribution in [0.15, 0.2) is 229 Å². The summed E-state index contributed by atoms with van der Waals surface area (Å²) in [5.41, 5.74) is 21.1. The summed E-state index contributed by atoms with van der Waals surface area (Å²) >= 11 is 0. The van der Waals surface area contributed by atoms with Crippen molar-refractivity contribution in [2.45, 2.75) is 5.41 Å². The first-order valence-corrected chi connectivity index (χ1v) is 22.0. The molecule has 2 aliphatic carbocycles. The van der Waals surface area contributed by atoms with E-state index in [4.69, 9.17) is 9.15 Å². The summed E-state index contributed by atoms with van der Waals surface area (Å²) in [5.74, 6) is 1.69. The van der Waals surface area contributed by atoms with Crippen LogP contribution in [-0.4, -0.2) is 0 Å². The Bertz CT molecular complexity index is 3730. The molecule has 2 heterocycles. The molecule has 1 aromatic heterocycles. The van der Waals surface area contributed by atoms with E-state index in [-0.39, 0.29) is 0 Å². The van der Waals surface area contributed by atoms with E-state index in [9.17, 15) is 0 Å². The van der Waals surface area contributed by atoms with Crippen LogP contribution in [0.3, 0.4) is 0 Å². The highest BCUT2D eigenvalue weighted by Crippen LogP contribution is 2.63. The zero-order valence-electron chi connectivity index (χ0n) is 34.6. The Morgan fingerprint density at radius 2 is 0.859 bits per heavy atom. The highest BCUT2D eigenvalue weighted by molar-refractivity contribution is 6.16. The van der Waals surface area contributed by atoms with Gasteiger partial charge in [0.25, 0.3) is 0 Å². The minimum Gasteiger partial charge on any atom is -0.456 e. The Morgan fingerprint density at radius 1 is 0.312 bits per heavy atom. The Kier molecular flexibility index (Phi) is 7.32. The van der Waals surface area contributed by atoms with E-state index in [1.54, 1.807) is 0 Å². The molecule has 14 rings (SSSR count). The number of rotatable bonds is 3. The molecular weight excluding hydrogens is 779 g/mol. The predicted octanol–water partition coefficient (Wildman–Crippen LogP) is 16.5. The molecule has 1 unspecified atom stereocenters.